The number of benzene rings is 1. The van der Waals surface area contributed by atoms with Crippen LogP contribution in [0, 0.1) is 6.92 Å². The van der Waals surface area contributed by atoms with Crippen LogP contribution in [0.25, 0.3) is 11.5 Å². The first-order chi connectivity index (χ1) is 8.03. The standard InChI is InChI=1S/C14H18N2O/c1-5-14(3,4)12-8-6-7-11(9-12)13-15-10(2)16-17-13/h6-9H,5H2,1-4H3. The van der Waals surface area contributed by atoms with Crippen LogP contribution in [0.4, 0.5) is 0 Å². The van der Waals surface area contributed by atoms with Gasteiger partial charge < -0.3 is 4.52 Å². The van der Waals surface area contributed by atoms with Crippen LogP contribution in [0.1, 0.15) is 38.6 Å². The molecular formula is C14H18N2O. The first-order valence-corrected chi connectivity index (χ1v) is 5.94. The summed E-state index contributed by atoms with van der Waals surface area (Å²) in [6.45, 7) is 8.51. The second kappa shape index (κ2) is 4.32. The van der Waals surface area contributed by atoms with Gasteiger partial charge in [-0.2, -0.15) is 4.98 Å². The zero-order chi connectivity index (χ0) is 12.5. The van der Waals surface area contributed by atoms with E-state index in [9.17, 15) is 0 Å². The molecule has 2 aromatic rings. The number of rotatable bonds is 3. The fourth-order valence-electron chi connectivity index (χ4n) is 1.69. The van der Waals surface area contributed by atoms with Crippen molar-refractivity contribution in [2.24, 2.45) is 0 Å². The Hall–Kier alpha value is -1.64. The maximum absolute atomic E-state index is 5.19. The van der Waals surface area contributed by atoms with Gasteiger partial charge in [-0.25, -0.2) is 0 Å². The summed E-state index contributed by atoms with van der Waals surface area (Å²) in [7, 11) is 0. The molecule has 0 saturated heterocycles. The average molecular weight is 230 g/mol. The van der Waals surface area contributed by atoms with Gasteiger partial charge in [-0.15, -0.1) is 0 Å². The number of nitrogens with zero attached hydrogens (tertiary/aromatic N) is 2. The van der Waals surface area contributed by atoms with E-state index in [4.69, 9.17) is 4.52 Å². The Morgan fingerprint density at radius 3 is 2.65 bits per heavy atom. The van der Waals surface area contributed by atoms with Crippen LogP contribution in [-0.2, 0) is 5.41 Å². The van der Waals surface area contributed by atoms with Crippen molar-refractivity contribution in [1.29, 1.82) is 0 Å². The molecule has 0 aliphatic carbocycles. The molecular weight excluding hydrogens is 212 g/mol. The zero-order valence-electron chi connectivity index (χ0n) is 10.8. The highest BCUT2D eigenvalue weighted by molar-refractivity contribution is 5.54. The fourth-order valence-corrected chi connectivity index (χ4v) is 1.69. The monoisotopic (exact) mass is 230 g/mol. The number of hydrogen-bond acceptors (Lipinski definition) is 3. The molecule has 0 unspecified atom stereocenters. The first kappa shape index (κ1) is 11.8. The molecule has 0 bridgehead atoms. The van der Waals surface area contributed by atoms with Gasteiger partial charge in [0.05, 0.1) is 0 Å². The van der Waals surface area contributed by atoms with Crippen LogP contribution in [0.15, 0.2) is 28.8 Å². The zero-order valence-corrected chi connectivity index (χ0v) is 10.8. The summed E-state index contributed by atoms with van der Waals surface area (Å²) in [5.74, 6) is 1.26. The molecule has 3 heteroatoms. The molecule has 1 aromatic carbocycles. The fraction of sp³-hybridized carbons (Fsp3) is 0.429. The van der Waals surface area contributed by atoms with E-state index < -0.39 is 0 Å². The van der Waals surface area contributed by atoms with Crippen LogP contribution in [0.2, 0.25) is 0 Å². The first-order valence-electron chi connectivity index (χ1n) is 5.94. The molecule has 0 fully saturated rings. The van der Waals surface area contributed by atoms with Gasteiger partial charge in [0.25, 0.3) is 5.89 Å². The second-order valence-corrected chi connectivity index (χ2v) is 4.96. The summed E-state index contributed by atoms with van der Waals surface area (Å²) in [6, 6.07) is 8.33. The van der Waals surface area contributed by atoms with E-state index in [1.54, 1.807) is 0 Å². The van der Waals surface area contributed by atoms with Crippen molar-refractivity contribution in [1.82, 2.24) is 10.1 Å². The lowest BCUT2D eigenvalue weighted by Crippen LogP contribution is -2.15. The van der Waals surface area contributed by atoms with Crippen LogP contribution < -0.4 is 0 Å². The Balaban J connectivity index is 2.42. The van der Waals surface area contributed by atoms with Gasteiger partial charge in [0.1, 0.15) is 0 Å². The maximum Gasteiger partial charge on any atom is 0.257 e. The minimum Gasteiger partial charge on any atom is -0.334 e. The summed E-state index contributed by atoms with van der Waals surface area (Å²) in [4.78, 5) is 4.25. The Bertz CT molecular complexity index is 514. The topological polar surface area (TPSA) is 38.9 Å². The van der Waals surface area contributed by atoms with Crippen LogP contribution in [-0.4, -0.2) is 10.1 Å². The van der Waals surface area contributed by atoms with E-state index in [2.05, 4.69) is 43.0 Å². The predicted octanol–water partition coefficient (Wildman–Crippen LogP) is 3.73. The van der Waals surface area contributed by atoms with Crippen molar-refractivity contribution < 1.29 is 4.52 Å². The third-order valence-electron chi connectivity index (χ3n) is 3.30. The molecule has 0 N–H and O–H groups in total. The van der Waals surface area contributed by atoms with Gasteiger partial charge in [0.15, 0.2) is 5.82 Å². The van der Waals surface area contributed by atoms with Crippen molar-refractivity contribution in [2.75, 3.05) is 0 Å². The van der Waals surface area contributed by atoms with Gasteiger partial charge in [-0.3, -0.25) is 0 Å². The maximum atomic E-state index is 5.19. The van der Waals surface area contributed by atoms with E-state index in [0.717, 1.165) is 12.0 Å². The molecule has 1 aromatic heterocycles. The quantitative estimate of drug-likeness (QED) is 0.806. The highest BCUT2D eigenvalue weighted by Crippen LogP contribution is 2.29. The van der Waals surface area contributed by atoms with Crippen molar-refractivity contribution in [3.05, 3.63) is 35.7 Å². The molecule has 0 aliphatic rings. The van der Waals surface area contributed by atoms with Crippen LogP contribution >= 0.6 is 0 Å². The van der Waals surface area contributed by atoms with E-state index in [-0.39, 0.29) is 5.41 Å². The Morgan fingerprint density at radius 1 is 1.29 bits per heavy atom. The van der Waals surface area contributed by atoms with E-state index >= 15 is 0 Å². The highest BCUT2D eigenvalue weighted by Gasteiger charge is 2.19. The molecule has 3 nitrogen and oxygen atoms in total. The summed E-state index contributed by atoms with van der Waals surface area (Å²) in [5, 5.41) is 3.82. The van der Waals surface area contributed by atoms with Gasteiger partial charge in [-0.1, -0.05) is 38.1 Å². The minimum atomic E-state index is 0.172. The van der Waals surface area contributed by atoms with Gasteiger partial charge in [0.2, 0.25) is 0 Å². The summed E-state index contributed by atoms with van der Waals surface area (Å²) in [5.41, 5.74) is 2.46. The summed E-state index contributed by atoms with van der Waals surface area (Å²) in [6.07, 6.45) is 1.10. The summed E-state index contributed by atoms with van der Waals surface area (Å²) < 4.78 is 5.19. The lowest BCUT2D eigenvalue weighted by Gasteiger charge is -2.23. The normalized spacial score (nSPS) is 11.8. The molecule has 0 atom stereocenters. The smallest absolute Gasteiger partial charge is 0.257 e. The van der Waals surface area contributed by atoms with E-state index in [0.29, 0.717) is 11.7 Å². The predicted molar refractivity (Wildman–Crippen MR) is 67.8 cm³/mol. The van der Waals surface area contributed by atoms with Crippen LogP contribution in [0.3, 0.4) is 0 Å². The third-order valence-corrected chi connectivity index (χ3v) is 3.30. The average Bonchev–Trinajstić information content (AvgIpc) is 2.76. The molecule has 2 rings (SSSR count). The molecule has 0 amide bonds. The molecule has 0 spiro atoms. The minimum absolute atomic E-state index is 0.172. The molecule has 0 saturated carbocycles. The molecule has 17 heavy (non-hydrogen) atoms. The Kier molecular flexibility index (Phi) is 3.01. The van der Waals surface area contributed by atoms with Gasteiger partial charge in [-0.05, 0) is 36.5 Å². The lowest BCUT2D eigenvalue weighted by molar-refractivity contribution is 0.425. The second-order valence-electron chi connectivity index (χ2n) is 4.96. The highest BCUT2D eigenvalue weighted by atomic mass is 16.5. The largest absolute Gasteiger partial charge is 0.334 e. The van der Waals surface area contributed by atoms with Gasteiger partial charge in [0, 0.05) is 5.56 Å². The van der Waals surface area contributed by atoms with Crippen molar-refractivity contribution in [2.45, 2.75) is 39.5 Å². The molecule has 1 heterocycles. The SMILES string of the molecule is CCC(C)(C)c1cccc(-c2nc(C)no2)c1. The number of aryl methyl sites for hydroxylation is 1. The lowest BCUT2D eigenvalue weighted by atomic mass is 9.82. The Morgan fingerprint density at radius 2 is 2.06 bits per heavy atom. The number of aromatic nitrogens is 2. The Labute approximate surface area is 102 Å². The van der Waals surface area contributed by atoms with Crippen molar-refractivity contribution in [3.63, 3.8) is 0 Å². The van der Waals surface area contributed by atoms with Crippen molar-refractivity contribution in [3.8, 4) is 11.5 Å². The van der Waals surface area contributed by atoms with Crippen molar-refractivity contribution >= 4 is 0 Å². The van der Waals surface area contributed by atoms with E-state index in [1.807, 2.05) is 19.1 Å². The molecule has 0 aliphatic heterocycles. The van der Waals surface area contributed by atoms with Crippen LogP contribution in [0.5, 0.6) is 0 Å². The van der Waals surface area contributed by atoms with Gasteiger partial charge >= 0.3 is 0 Å². The van der Waals surface area contributed by atoms with E-state index in [1.165, 1.54) is 5.56 Å². The third kappa shape index (κ3) is 2.38. The molecule has 0 radical (unpaired) electrons. The summed E-state index contributed by atoms with van der Waals surface area (Å²) >= 11 is 0. The molecule has 90 valence electrons. The number of hydrogen-bond donors (Lipinski definition) is 0.